The van der Waals surface area contributed by atoms with Crippen LogP contribution < -0.4 is 0 Å². The molecule has 0 amide bonds. The molecule has 1 fully saturated rings. The Morgan fingerprint density at radius 3 is 2.50 bits per heavy atom. The van der Waals surface area contributed by atoms with Crippen molar-refractivity contribution in [2.75, 3.05) is 24.7 Å². The average molecular weight is 305 g/mol. The lowest BCUT2D eigenvalue weighted by atomic mass is 10.2. The molecule has 0 radical (unpaired) electrons. The number of rotatable bonds is 6. The summed E-state index contributed by atoms with van der Waals surface area (Å²) in [6, 6.07) is 0. The molecule has 1 aliphatic rings. The highest BCUT2D eigenvalue weighted by molar-refractivity contribution is 7.97. The average Bonchev–Trinajstić information content (AvgIpc) is 2.50. The van der Waals surface area contributed by atoms with E-state index in [9.17, 15) is 23.7 Å². The van der Waals surface area contributed by atoms with Gasteiger partial charge in [-0.15, -0.1) is 0 Å². The maximum Gasteiger partial charge on any atom is 0.397 e. The van der Waals surface area contributed by atoms with Crippen molar-refractivity contribution >= 4 is 21.3 Å². The molecule has 5 N–H and O–H groups in total. The van der Waals surface area contributed by atoms with E-state index in [-0.39, 0.29) is 18.1 Å². The molecule has 1 heterocycles. The first-order chi connectivity index (χ1) is 8.24. The normalized spacial score (nSPS) is 34.7. The van der Waals surface area contributed by atoms with Gasteiger partial charge in [0.25, 0.3) is 0 Å². The monoisotopic (exact) mass is 305 g/mol. The Morgan fingerprint density at radius 1 is 1.39 bits per heavy atom. The van der Waals surface area contributed by atoms with Gasteiger partial charge in [0, 0.05) is 10.9 Å². The van der Waals surface area contributed by atoms with Crippen molar-refractivity contribution in [1.29, 1.82) is 0 Å². The summed E-state index contributed by atoms with van der Waals surface area (Å²) in [6.07, 6.45) is -3.17. The molecule has 108 valence electrons. The second-order valence-corrected chi connectivity index (χ2v) is 7.45. The molecule has 0 aromatic heterocycles. The largest absolute Gasteiger partial charge is 0.397 e. The third kappa shape index (κ3) is 4.63. The Balaban J connectivity index is 2.46. The molecule has 5 atom stereocenters. The lowest BCUT2D eigenvalue weighted by Gasteiger charge is -2.14. The Morgan fingerprint density at radius 2 is 2.00 bits per heavy atom. The molecule has 0 bridgehead atoms. The van der Waals surface area contributed by atoms with Crippen molar-refractivity contribution in [1.82, 2.24) is 0 Å². The van der Waals surface area contributed by atoms with Gasteiger partial charge in [0.1, 0.15) is 29.8 Å². The van der Waals surface area contributed by atoms with Gasteiger partial charge < -0.3 is 20.4 Å². The lowest BCUT2D eigenvalue weighted by Crippen LogP contribution is -2.37. The maximum atomic E-state index is 10.3. The van der Waals surface area contributed by atoms with Crippen molar-refractivity contribution in [2.24, 2.45) is 0 Å². The molecule has 0 saturated carbocycles. The molecule has 0 aromatic rings. The fourth-order valence-corrected chi connectivity index (χ4v) is 4.72. The van der Waals surface area contributed by atoms with Gasteiger partial charge in [-0.2, -0.15) is 8.42 Å². The summed E-state index contributed by atoms with van der Waals surface area (Å²) in [7, 11) is -5.24. The summed E-state index contributed by atoms with van der Waals surface area (Å²) in [5.74, 6) is 0.310. The summed E-state index contributed by atoms with van der Waals surface area (Å²) in [4.78, 5) is 0. The van der Waals surface area contributed by atoms with Gasteiger partial charge in [-0.3, -0.25) is 4.55 Å². The Labute approximate surface area is 108 Å². The van der Waals surface area contributed by atoms with Gasteiger partial charge in [-0.1, -0.05) is 0 Å². The topological polar surface area (TPSA) is 145 Å². The molecule has 0 spiro atoms. The van der Waals surface area contributed by atoms with Crippen molar-refractivity contribution in [3.8, 4) is 0 Å². The zero-order chi connectivity index (χ0) is 13.9. The molecule has 1 saturated heterocycles. The molecule has 18 heavy (non-hydrogen) atoms. The third-order valence-corrected chi connectivity index (χ3v) is 5.88. The van der Waals surface area contributed by atoms with E-state index in [4.69, 9.17) is 9.66 Å². The van der Waals surface area contributed by atoms with Crippen molar-refractivity contribution in [3.05, 3.63) is 0 Å². The van der Waals surface area contributed by atoms with Crippen molar-refractivity contribution < 1.29 is 37.6 Å². The van der Waals surface area contributed by atoms with Crippen LogP contribution in [-0.4, -0.2) is 81.7 Å². The maximum absolute atomic E-state index is 10.3. The van der Waals surface area contributed by atoms with Gasteiger partial charge in [0.2, 0.25) is 0 Å². The second-order valence-electron chi connectivity index (χ2n) is 4.02. The van der Waals surface area contributed by atoms with Crippen LogP contribution in [-0.2, 0) is 25.5 Å². The Bertz CT molecular complexity index is 358. The minimum atomic E-state index is -4.60. The summed E-state index contributed by atoms with van der Waals surface area (Å²) >= 11 is 0. The Kier molecular flexibility index (Phi) is 5.80. The summed E-state index contributed by atoms with van der Waals surface area (Å²) in [6.45, 7) is -0.931. The summed E-state index contributed by atoms with van der Waals surface area (Å²) < 4.78 is 33.0. The van der Waals surface area contributed by atoms with Crippen LogP contribution in [0.1, 0.15) is 0 Å². The van der Waals surface area contributed by atoms with E-state index in [1.165, 1.54) is 0 Å². The fourth-order valence-electron chi connectivity index (χ4n) is 1.75. The molecule has 0 aromatic carbocycles. The molecule has 1 rings (SSSR count). The van der Waals surface area contributed by atoms with Crippen LogP contribution in [0.4, 0.5) is 0 Å². The quantitative estimate of drug-likeness (QED) is 0.256. The standard InChI is InChI=1S/C8H16O8S2/c9-1-7-8(12)6(11)4-17(7)3-5(10)2-16-18(13,14)15/h5-12H,1-4H2/p+1/t5-,6+,7+,8-,17?/m0/s1. The minimum absolute atomic E-state index is 0.0782. The van der Waals surface area contributed by atoms with Crippen molar-refractivity contribution in [3.63, 3.8) is 0 Å². The molecule has 1 unspecified atom stereocenters. The second kappa shape index (κ2) is 6.48. The van der Waals surface area contributed by atoms with E-state index in [0.29, 0.717) is 0 Å². The van der Waals surface area contributed by atoms with Gasteiger partial charge in [0.05, 0.1) is 13.2 Å². The van der Waals surface area contributed by atoms with E-state index < -0.39 is 51.5 Å². The minimum Gasteiger partial charge on any atom is -0.391 e. The summed E-state index contributed by atoms with van der Waals surface area (Å²) in [5.41, 5.74) is 0. The highest BCUT2D eigenvalue weighted by Crippen LogP contribution is 2.24. The summed E-state index contributed by atoms with van der Waals surface area (Å²) in [5, 5.41) is 37.0. The van der Waals surface area contributed by atoms with Crippen LogP contribution in [0, 0.1) is 0 Å². The van der Waals surface area contributed by atoms with Gasteiger partial charge in [-0.25, -0.2) is 4.18 Å². The van der Waals surface area contributed by atoms with E-state index in [1.54, 1.807) is 0 Å². The van der Waals surface area contributed by atoms with Crippen LogP contribution in [0.5, 0.6) is 0 Å². The van der Waals surface area contributed by atoms with Gasteiger partial charge in [0.15, 0.2) is 5.25 Å². The van der Waals surface area contributed by atoms with E-state index >= 15 is 0 Å². The fraction of sp³-hybridized carbons (Fsp3) is 1.00. The van der Waals surface area contributed by atoms with E-state index in [1.807, 2.05) is 0 Å². The highest BCUT2D eigenvalue weighted by Gasteiger charge is 2.49. The van der Waals surface area contributed by atoms with E-state index in [2.05, 4.69) is 4.18 Å². The number of aliphatic hydroxyl groups is 4. The van der Waals surface area contributed by atoms with Crippen LogP contribution in [0.2, 0.25) is 0 Å². The molecular formula is C8H17O8S2+. The van der Waals surface area contributed by atoms with Gasteiger partial charge >= 0.3 is 10.4 Å². The number of hydrogen-bond donors (Lipinski definition) is 5. The van der Waals surface area contributed by atoms with Gasteiger partial charge in [-0.05, 0) is 0 Å². The van der Waals surface area contributed by atoms with Crippen molar-refractivity contribution in [2.45, 2.75) is 23.6 Å². The zero-order valence-corrected chi connectivity index (χ0v) is 11.0. The first-order valence-corrected chi connectivity index (χ1v) is 8.17. The van der Waals surface area contributed by atoms with Crippen LogP contribution in [0.15, 0.2) is 0 Å². The predicted octanol–water partition coefficient (Wildman–Crippen LogP) is -3.12. The lowest BCUT2D eigenvalue weighted by molar-refractivity contribution is 0.0325. The number of hydrogen-bond acceptors (Lipinski definition) is 7. The zero-order valence-electron chi connectivity index (χ0n) is 9.42. The first-order valence-electron chi connectivity index (χ1n) is 5.17. The third-order valence-electron chi connectivity index (χ3n) is 2.58. The molecule has 8 nitrogen and oxygen atoms in total. The van der Waals surface area contributed by atoms with Crippen LogP contribution >= 0.6 is 0 Å². The Hall–Kier alpha value is 0.0600. The smallest absolute Gasteiger partial charge is 0.391 e. The van der Waals surface area contributed by atoms with Crippen LogP contribution in [0.25, 0.3) is 0 Å². The molecule has 0 aliphatic carbocycles. The highest BCUT2D eigenvalue weighted by atomic mass is 32.3. The predicted molar refractivity (Wildman–Crippen MR) is 63.5 cm³/mol. The SMILES string of the molecule is O=S(=O)(O)OC[C@H](O)C[S+]1C[C@@H](O)[C@H](O)[C@H]1CO. The molecule has 10 heteroatoms. The molecular weight excluding hydrogens is 288 g/mol. The molecule has 1 aliphatic heterocycles. The van der Waals surface area contributed by atoms with Crippen LogP contribution in [0.3, 0.4) is 0 Å². The first kappa shape index (κ1) is 16.1. The number of aliphatic hydroxyl groups excluding tert-OH is 4. The van der Waals surface area contributed by atoms with E-state index in [0.717, 1.165) is 0 Å².